The largest absolute Gasteiger partial charge is 0.491 e. The van der Waals surface area contributed by atoms with Crippen molar-refractivity contribution in [2.24, 2.45) is 11.8 Å². The quantitative estimate of drug-likeness (QED) is 0.606. The number of pyridine rings is 2. The van der Waals surface area contributed by atoms with Crippen molar-refractivity contribution in [1.82, 2.24) is 9.97 Å². The number of benzene rings is 1. The summed E-state index contributed by atoms with van der Waals surface area (Å²) in [4.78, 5) is 36.6. The van der Waals surface area contributed by atoms with Crippen molar-refractivity contribution in [2.45, 2.75) is 27.7 Å². The molecule has 1 aliphatic heterocycles. The van der Waals surface area contributed by atoms with Gasteiger partial charge >= 0.3 is 5.97 Å². The molecule has 3 heterocycles. The van der Waals surface area contributed by atoms with Crippen molar-refractivity contribution >= 4 is 22.7 Å². The summed E-state index contributed by atoms with van der Waals surface area (Å²) in [6.45, 7) is 9.81. The van der Waals surface area contributed by atoms with Gasteiger partial charge in [0.15, 0.2) is 5.75 Å². The summed E-state index contributed by atoms with van der Waals surface area (Å²) < 4.78 is 10.5. The lowest BCUT2D eigenvalue weighted by Gasteiger charge is -2.23. The minimum Gasteiger partial charge on any atom is -0.491 e. The molecule has 1 aliphatic rings. The Hall–Kier alpha value is -3.35. The number of ether oxygens (including phenoxy) is 2. The van der Waals surface area contributed by atoms with Gasteiger partial charge in [-0.25, -0.2) is 9.78 Å². The Kier molecular flexibility index (Phi) is 5.91. The summed E-state index contributed by atoms with van der Waals surface area (Å²) in [5.74, 6) is 1.21. The fourth-order valence-corrected chi connectivity index (χ4v) is 4.38. The summed E-state index contributed by atoms with van der Waals surface area (Å²) >= 11 is 0. The lowest BCUT2D eigenvalue weighted by molar-refractivity contribution is 0.0525. The molecule has 0 bridgehead atoms. The van der Waals surface area contributed by atoms with E-state index in [-0.39, 0.29) is 17.9 Å². The molecule has 0 aliphatic carbocycles. The van der Waals surface area contributed by atoms with Crippen molar-refractivity contribution in [3.05, 3.63) is 51.8 Å². The molecule has 2 atom stereocenters. The highest BCUT2D eigenvalue weighted by Gasteiger charge is 2.31. The van der Waals surface area contributed by atoms with Gasteiger partial charge < -0.3 is 19.4 Å². The highest BCUT2D eigenvalue weighted by Crippen LogP contribution is 2.37. The van der Waals surface area contributed by atoms with E-state index in [2.05, 4.69) is 23.7 Å². The highest BCUT2D eigenvalue weighted by molar-refractivity contribution is 6.00. The Morgan fingerprint density at radius 2 is 1.91 bits per heavy atom. The average molecular weight is 436 g/mol. The maximum atomic E-state index is 13.3. The number of hydrogen-bond donors (Lipinski definition) is 1. The van der Waals surface area contributed by atoms with Gasteiger partial charge in [-0.1, -0.05) is 32.0 Å². The van der Waals surface area contributed by atoms with E-state index in [9.17, 15) is 9.59 Å². The number of aromatic nitrogens is 2. The second-order valence-electron chi connectivity index (χ2n) is 8.49. The smallest absolute Gasteiger partial charge is 0.344 e. The summed E-state index contributed by atoms with van der Waals surface area (Å²) in [6.07, 6.45) is 0. The molecule has 32 heavy (non-hydrogen) atoms. The lowest BCUT2D eigenvalue weighted by atomic mass is 10.0. The van der Waals surface area contributed by atoms with Gasteiger partial charge in [-0.15, -0.1) is 0 Å². The van der Waals surface area contributed by atoms with Crippen LogP contribution in [0.3, 0.4) is 0 Å². The molecule has 1 N–H and O–H groups in total. The van der Waals surface area contributed by atoms with Crippen molar-refractivity contribution in [3.63, 3.8) is 0 Å². The van der Waals surface area contributed by atoms with Gasteiger partial charge in [0.2, 0.25) is 5.43 Å². The van der Waals surface area contributed by atoms with E-state index in [0.29, 0.717) is 28.8 Å². The van der Waals surface area contributed by atoms with Gasteiger partial charge in [0.05, 0.1) is 30.6 Å². The van der Waals surface area contributed by atoms with E-state index in [1.54, 1.807) is 13.8 Å². The molecular formula is C25H29N3O4. The Morgan fingerprint density at radius 3 is 2.56 bits per heavy atom. The predicted molar refractivity (Wildman–Crippen MR) is 126 cm³/mol. The molecule has 0 saturated carbocycles. The molecule has 4 rings (SSSR count). The van der Waals surface area contributed by atoms with E-state index in [0.717, 1.165) is 29.8 Å². The third-order valence-corrected chi connectivity index (χ3v) is 6.28. The monoisotopic (exact) mass is 435 g/mol. The van der Waals surface area contributed by atoms with Gasteiger partial charge in [-0.2, -0.15) is 0 Å². The van der Waals surface area contributed by atoms with Crippen LogP contribution in [0.15, 0.2) is 35.1 Å². The van der Waals surface area contributed by atoms with Gasteiger partial charge in [0.25, 0.3) is 0 Å². The maximum absolute atomic E-state index is 13.3. The number of fused-ring (bicyclic) bond motifs is 1. The van der Waals surface area contributed by atoms with Crippen LogP contribution in [-0.2, 0) is 4.74 Å². The topological polar surface area (TPSA) is 84.5 Å². The third-order valence-electron chi connectivity index (χ3n) is 6.28. The first-order valence-corrected chi connectivity index (χ1v) is 11.0. The minimum atomic E-state index is -0.677. The number of aryl methyl sites for hydroxylation is 1. The van der Waals surface area contributed by atoms with Crippen LogP contribution in [0.5, 0.6) is 5.75 Å². The average Bonchev–Trinajstić information content (AvgIpc) is 3.11. The molecule has 3 aromatic rings. The lowest BCUT2D eigenvalue weighted by Crippen LogP contribution is -2.25. The molecule has 7 heteroatoms. The summed E-state index contributed by atoms with van der Waals surface area (Å²) in [7, 11) is 1.42. The van der Waals surface area contributed by atoms with Gasteiger partial charge in [0.1, 0.15) is 11.4 Å². The molecule has 0 spiro atoms. The zero-order valence-corrected chi connectivity index (χ0v) is 19.2. The zero-order valence-electron chi connectivity index (χ0n) is 19.2. The molecule has 0 radical (unpaired) electrons. The van der Waals surface area contributed by atoms with E-state index in [1.807, 2.05) is 30.3 Å². The predicted octanol–water partition coefficient (Wildman–Crippen LogP) is 4.18. The zero-order chi connectivity index (χ0) is 23.0. The normalized spacial score (nSPS) is 18.2. The number of rotatable bonds is 5. The molecule has 7 nitrogen and oxygen atoms in total. The molecule has 2 aromatic heterocycles. The molecule has 0 unspecified atom stereocenters. The van der Waals surface area contributed by atoms with E-state index < -0.39 is 11.4 Å². The third kappa shape index (κ3) is 3.72. The summed E-state index contributed by atoms with van der Waals surface area (Å²) in [5, 5.41) is 0.927. The number of anilines is 1. The minimum absolute atomic E-state index is 0.0621. The van der Waals surface area contributed by atoms with Crippen LogP contribution in [0.25, 0.3) is 22.2 Å². The number of H-pyrrole nitrogens is 1. The van der Waals surface area contributed by atoms with Crippen LogP contribution in [-0.4, -0.2) is 42.7 Å². The first-order valence-electron chi connectivity index (χ1n) is 11.0. The van der Waals surface area contributed by atoms with E-state index >= 15 is 0 Å². The second-order valence-corrected chi connectivity index (χ2v) is 8.49. The fraction of sp³-hybridized carbons (Fsp3) is 0.400. The van der Waals surface area contributed by atoms with Crippen LogP contribution in [0.4, 0.5) is 5.82 Å². The summed E-state index contributed by atoms with van der Waals surface area (Å²) in [6, 6.07) is 9.84. The van der Waals surface area contributed by atoms with Crippen molar-refractivity contribution < 1.29 is 14.3 Å². The molecule has 1 saturated heterocycles. The first kappa shape index (κ1) is 21.9. The second kappa shape index (κ2) is 8.65. The Balaban J connectivity index is 2.03. The van der Waals surface area contributed by atoms with Crippen molar-refractivity contribution in [3.8, 4) is 17.0 Å². The Morgan fingerprint density at radius 1 is 1.22 bits per heavy atom. The van der Waals surface area contributed by atoms with Crippen LogP contribution < -0.4 is 15.1 Å². The first-order chi connectivity index (χ1) is 15.3. The number of nitrogens with zero attached hydrogens (tertiary/aromatic N) is 2. The van der Waals surface area contributed by atoms with Crippen LogP contribution >= 0.6 is 0 Å². The Labute approximate surface area is 187 Å². The molecule has 1 fully saturated rings. The fourth-order valence-electron chi connectivity index (χ4n) is 4.38. The maximum Gasteiger partial charge on any atom is 0.344 e. The van der Waals surface area contributed by atoms with Crippen molar-refractivity contribution in [1.29, 1.82) is 0 Å². The number of hydrogen-bond acceptors (Lipinski definition) is 6. The number of carbonyl (C=O) groups excluding carboxylic acids is 1. The molecular weight excluding hydrogens is 406 g/mol. The van der Waals surface area contributed by atoms with Crippen LogP contribution in [0, 0.1) is 18.8 Å². The van der Waals surface area contributed by atoms with Gasteiger partial charge in [0, 0.05) is 24.0 Å². The van der Waals surface area contributed by atoms with E-state index in [1.165, 1.54) is 7.11 Å². The molecule has 168 valence electrons. The van der Waals surface area contributed by atoms with Gasteiger partial charge in [-0.3, -0.25) is 4.79 Å². The van der Waals surface area contributed by atoms with Crippen LogP contribution in [0.1, 0.15) is 36.8 Å². The molecule has 0 amide bonds. The summed E-state index contributed by atoms with van der Waals surface area (Å²) in [5.41, 5.74) is 1.97. The number of methoxy groups -OCH3 is 1. The number of nitrogens with one attached hydrogen (secondary N) is 1. The number of aromatic amines is 1. The standard InChI is InChI=1S/C25H29N3O4/c1-6-32-25(30)20-21(26-16(4)23(31-5)22(20)29)18-11-17-9-7-8-10-19(17)27-24(18)28-12-14(2)15(3)13-28/h7-11,14-15H,6,12-13H2,1-5H3,(H,26,29)/t14-,15-/m1/s1. The number of esters is 1. The van der Waals surface area contributed by atoms with Gasteiger partial charge in [-0.05, 0) is 37.8 Å². The highest BCUT2D eigenvalue weighted by atomic mass is 16.5. The Bertz CT molecular complexity index is 1220. The number of para-hydroxylation sites is 1. The van der Waals surface area contributed by atoms with Crippen LogP contribution in [0.2, 0.25) is 0 Å². The number of carbonyl (C=O) groups is 1. The SMILES string of the molecule is CCOC(=O)c1c(-c2cc3ccccc3nc2N2C[C@@H](C)[C@H](C)C2)[nH]c(C)c(OC)c1=O. The molecule has 1 aromatic carbocycles. The van der Waals surface area contributed by atoms with Crippen molar-refractivity contribution in [2.75, 3.05) is 31.7 Å². The van der Waals surface area contributed by atoms with E-state index in [4.69, 9.17) is 14.5 Å².